The zero-order valence-electron chi connectivity index (χ0n) is 21.2. The Kier molecular flexibility index (Phi) is 6.52. The Morgan fingerprint density at radius 1 is 1.06 bits per heavy atom. The Bertz CT molecular complexity index is 1050. The molecular formula is C29H41ClO3S. The van der Waals surface area contributed by atoms with Crippen LogP contribution in [0, 0.1) is 47.3 Å². The van der Waals surface area contributed by atoms with Crippen LogP contribution in [0.15, 0.2) is 40.8 Å². The number of hydrogen-bond donors (Lipinski definition) is 0. The lowest BCUT2D eigenvalue weighted by molar-refractivity contribution is -0.0519. The second kappa shape index (κ2) is 8.92. The first-order valence-electron chi connectivity index (χ1n) is 13.3. The van der Waals surface area contributed by atoms with E-state index in [4.69, 9.17) is 15.8 Å². The molecule has 0 aromatic heterocycles. The molecule has 4 aliphatic rings. The summed E-state index contributed by atoms with van der Waals surface area (Å²) in [5.74, 6) is 3.01. The van der Waals surface area contributed by atoms with Gasteiger partial charge in [0.1, 0.15) is 0 Å². The number of hydrogen-bond acceptors (Lipinski definition) is 3. The lowest BCUT2D eigenvalue weighted by Gasteiger charge is -2.58. The molecule has 0 radical (unpaired) electrons. The van der Waals surface area contributed by atoms with Gasteiger partial charge in [0.05, 0.1) is 11.5 Å². The van der Waals surface area contributed by atoms with Crippen molar-refractivity contribution >= 4 is 21.7 Å². The van der Waals surface area contributed by atoms with Crippen molar-refractivity contribution in [3.8, 4) is 0 Å². The minimum Gasteiger partial charge on any atom is -0.266 e. The average Bonchev–Trinajstić information content (AvgIpc) is 3.15. The van der Waals surface area contributed by atoms with Gasteiger partial charge in [-0.1, -0.05) is 50.1 Å². The van der Waals surface area contributed by atoms with Crippen molar-refractivity contribution in [2.24, 2.45) is 40.4 Å². The molecule has 3 nitrogen and oxygen atoms in total. The summed E-state index contributed by atoms with van der Waals surface area (Å²) in [4.78, 5) is 0.256. The molecule has 8 unspecified atom stereocenters. The summed E-state index contributed by atoms with van der Waals surface area (Å²) < 4.78 is 31.1. The van der Waals surface area contributed by atoms with Gasteiger partial charge < -0.3 is 0 Å². The van der Waals surface area contributed by atoms with Gasteiger partial charge in [0, 0.05) is 5.38 Å². The van der Waals surface area contributed by atoms with Crippen LogP contribution >= 0.6 is 11.6 Å². The summed E-state index contributed by atoms with van der Waals surface area (Å²) in [6.07, 6.45) is 12.3. The van der Waals surface area contributed by atoms with Crippen LogP contribution in [0.5, 0.6) is 0 Å². The highest BCUT2D eigenvalue weighted by molar-refractivity contribution is 7.86. The topological polar surface area (TPSA) is 43.4 Å². The van der Waals surface area contributed by atoms with E-state index < -0.39 is 10.1 Å². The van der Waals surface area contributed by atoms with Crippen LogP contribution in [0.2, 0.25) is 0 Å². The first-order chi connectivity index (χ1) is 16.0. The highest BCUT2D eigenvalue weighted by Gasteiger charge is 2.59. The molecule has 0 heterocycles. The summed E-state index contributed by atoms with van der Waals surface area (Å²) in [5.41, 5.74) is 3.30. The molecule has 8 atom stereocenters. The molecule has 3 saturated carbocycles. The molecule has 5 heteroatoms. The second-order valence-electron chi connectivity index (χ2n) is 12.4. The Labute approximate surface area is 211 Å². The van der Waals surface area contributed by atoms with Gasteiger partial charge in [0.25, 0.3) is 10.1 Å². The monoisotopic (exact) mass is 504 g/mol. The summed E-state index contributed by atoms with van der Waals surface area (Å²) in [6.45, 7) is 9.47. The fraction of sp³-hybridized carbons (Fsp3) is 0.724. The normalized spacial score (nSPS) is 40.6. The standard InChI is InChI=1S/C29H41ClO3S/c1-19-5-8-23(9-6-19)34(31,32)33-18-20(2)25-11-12-26-24-10-7-21-17-22(30)13-15-28(21,3)27(24)14-16-29(25,26)4/h5-9,20,22,24-27H,10-18H2,1-4H3. The highest BCUT2D eigenvalue weighted by Crippen LogP contribution is 2.67. The zero-order chi connectivity index (χ0) is 24.3. The molecule has 0 spiro atoms. The molecule has 0 aliphatic heterocycles. The number of rotatable bonds is 5. The summed E-state index contributed by atoms with van der Waals surface area (Å²) in [7, 11) is -3.71. The second-order valence-corrected chi connectivity index (χ2v) is 14.6. The van der Waals surface area contributed by atoms with Crippen molar-refractivity contribution in [2.75, 3.05) is 6.61 Å². The molecule has 0 bridgehead atoms. The van der Waals surface area contributed by atoms with E-state index in [0.717, 1.165) is 36.2 Å². The van der Waals surface area contributed by atoms with Crippen molar-refractivity contribution in [1.82, 2.24) is 0 Å². The average molecular weight is 505 g/mol. The van der Waals surface area contributed by atoms with Crippen LogP contribution in [-0.2, 0) is 14.3 Å². The molecule has 5 rings (SSSR count). The van der Waals surface area contributed by atoms with Crippen molar-refractivity contribution < 1.29 is 12.6 Å². The minimum absolute atomic E-state index is 0.226. The fourth-order valence-corrected chi connectivity index (χ4v) is 9.95. The Morgan fingerprint density at radius 2 is 1.79 bits per heavy atom. The predicted molar refractivity (Wildman–Crippen MR) is 138 cm³/mol. The molecule has 188 valence electrons. The van der Waals surface area contributed by atoms with Crippen molar-refractivity contribution in [3.63, 3.8) is 0 Å². The van der Waals surface area contributed by atoms with Crippen LogP contribution in [0.1, 0.15) is 77.7 Å². The summed E-state index contributed by atoms with van der Waals surface area (Å²) in [6, 6.07) is 6.94. The number of alkyl halides is 1. The summed E-state index contributed by atoms with van der Waals surface area (Å²) in [5, 5.41) is 0.317. The SMILES string of the molecule is Cc1ccc(S(=O)(=O)OCC(C)C2CCC3C4CC=C5CC(Cl)CCC5(C)C4CCC23C)cc1. The van der Waals surface area contributed by atoms with Crippen molar-refractivity contribution in [3.05, 3.63) is 41.5 Å². The molecule has 0 N–H and O–H groups in total. The quantitative estimate of drug-likeness (QED) is 0.236. The van der Waals surface area contributed by atoms with Crippen LogP contribution in [0.25, 0.3) is 0 Å². The van der Waals surface area contributed by atoms with E-state index in [1.54, 1.807) is 17.7 Å². The summed E-state index contributed by atoms with van der Waals surface area (Å²) >= 11 is 6.55. The van der Waals surface area contributed by atoms with E-state index in [0.29, 0.717) is 16.7 Å². The minimum atomic E-state index is -3.71. The number of benzene rings is 1. The third-order valence-corrected chi connectivity index (χ3v) is 12.3. The maximum absolute atomic E-state index is 12.8. The van der Waals surface area contributed by atoms with Gasteiger partial charge in [-0.2, -0.15) is 8.42 Å². The van der Waals surface area contributed by atoms with E-state index in [1.807, 2.05) is 19.1 Å². The smallest absolute Gasteiger partial charge is 0.266 e. The number of aryl methyl sites for hydroxylation is 1. The van der Waals surface area contributed by atoms with Gasteiger partial charge in [0.2, 0.25) is 0 Å². The first kappa shape index (κ1) is 24.8. The number of halogens is 1. The number of fused-ring (bicyclic) bond motifs is 5. The van der Waals surface area contributed by atoms with Gasteiger partial charge in [-0.3, -0.25) is 4.18 Å². The molecular weight excluding hydrogens is 464 g/mol. The molecule has 3 fully saturated rings. The maximum Gasteiger partial charge on any atom is 0.296 e. The lowest BCUT2D eigenvalue weighted by Crippen LogP contribution is -2.50. The zero-order valence-corrected chi connectivity index (χ0v) is 22.8. The van der Waals surface area contributed by atoms with E-state index in [9.17, 15) is 8.42 Å². The Balaban J connectivity index is 1.29. The van der Waals surface area contributed by atoms with Gasteiger partial charge in [-0.05, 0) is 111 Å². The Hall–Kier alpha value is -0.840. The molecule has 1 aromatic rings. The molecule has 4 aliphatic carbocycles. The van der Waals surface area contributed by atoms with Crippen LogP contribution in [0.3, 0.4) is 0 Å². The van der Waals surface area contributed by atoms with Crippen LogP contribution in [0.4, 0.5) is 0 Å². The maximum atomic E-state index is 12.8. The molecule has 0 amide bonds. The highest BCUT2D eigenvalue weighted by atomic mass is 35.5. The van der Waals surface area contributed by atoms with Gasteiger partial charge in [0.15, 0.2) is 0 Å². The molecule has 0 saturated heterocycles. The van der Waals surface area contributed by atoms with Crippen LogP contribution in [-0.4, -0.2) is 20.4 Å². The van der Waals surface area contributed by atoms with Gasteiger partial charge >= 0.3 is 0 Å². The van der Waals surface area contributed by atoms with E-state index >= 15 is 0 Å². The largest absolute Gasteiger partial charge is 0.296 e. The Morgan fingerprint density at radius 3 is 2.53 bits per heavy atom. The van der Waals surface area contributed by atoms with Gasteiger partial charge in [-0.25, -0.2) is 0 Å². The fourth-order valence-electron chi connectivity index (χ4n) is 8.68. The third-order valence-electron chi connectivity index (χ3n) is 10.6. The van der Waals surface area contributed by atoms with E-state index in [1.165, 1.54) is 38.5 Å². The predicted octanol–water partition coefficient (Wildman–Crippen LogP) is 7.52. The van der Waals surface area contributed by atoms with Gasteiger partial charge in [-0.15, -0.1) is 11.6 Å². The van der Waals surface area contributed by atoms with Crippen molar-refractivity contribution in [1.29, 1.82) is 0 Å². The van der Waals surface area contributed by atoms with Crippen molar-refractivity contribution in [2.45, 2.75) is 89.3 Å². The first-order valence-corrected chi connectivity index (χ1v) is 15.2. The van der Waals surface area contributed by atoms with E-state index in [-0.39, 0.29) is 22.8 Å². The molecule has 1 aromatic carbocycles. The van der Waals surface area contributed by atoms with Crippen LogP contribution < -0.4 is 0 Å². The lowest BCUT2D eigenvalue weighted by atomic mass is 9.47. The number of allylic oxidation sites excluding steroid dienone is 2. The molecule has 34 heavy (non-hydrogen) atoms. The van der Waals surface area contributed by atoms with E-state index in [2.05, 4.69) is 26.8 Å². The third kappa shape index (κ3) is 4.10.